The lowest BCUT2D eigenvalue weighted by atomic mass is 9.80. The molecule has 1 saturated heterocycles. The highest BCUT2D eigenvalue weighted by Crippen LogP contribution is 2.65. The van der Waals surface area contributed by atoms with Gasteiger partial charge in [-0.15, -0.1) is 0 Å². The first-order valence-corrected chi connectivity index (χ1v) is 15.8. The number of likely N-dealkylation sites (tertiary alicyclic amines) is 1. The largest absolute Gasteiger partial charge is 0.363 e. The van der Waals surface area contributed by atoms with Crippen LogP contribution in [0.1, 0.15) is 99.3 Å². The summed E-state index contributed by atoms with van der Waals surface area (Å²) in [6, 6.07) is -2.81. The molecule has 0 radical (unpaired) electrons. The van der Waals surface area contributed by atoms with Crippen LogP contribution >= 0.6 is 0 Å². The van der Waals surface area contributed by atoms with Gasteiger partial charge >= 0.3 is 6.03 Å². The Hall–Kier alpha value is -2.65. The number of hydrogen-bond acceptors (Lipinski definition) is 5. The van der Waals surface area contributed by atoms with Crippen molar-refractivity contribution in [2.75, 3.05) is 6.54 Å². The Bertz CT molecular complexity index is 1020. The minimum Gasteiger partial charge on any atom is -0.363 e. The predicted molar refractivity (Wildman–Crippen MR) is 155 cm³/mol. The number of Topliss-reactive ketones (excluding diaryl/α,β-unsaturated/α-hetero) is 1. The van der Waals surface area contributed by atoms with Crippen LogP contribution in [0.3, 0.4) is 0 Å². The lowest BCUT2D eigenvalue weighted by molar-refractivity contribution is -0.144. The number of primary amides is 1. The fraction of sp³-hybridized carbons (Fsp3) is 0.839. The summed E-state index contributed by atoms with van der Waals surface area (Å²) in [5.74, 6) is -2.10. The van der Waals surface area contributed by atoms with Crippen molar-refractivity contribution in [3.8, 4) is 0 Å². The van der Waals surface area contributed by atoms with Crippen LogP contribution in [-0.2, 0) is 19.2 Å². The summed E-state index contributed by atoms with van der Waals surface area (Å²) in [5.41, 5.74) is 5.22. The normalized spacial score (nSPS) is 27.0. The predicted octanol–water partition coefficient (Wildman–Crippen LogP) is 2.98. The van der Waals surface area contributed by atoms with E-state index in [1.54, 1.807) is 9.80 Å². The summed E-state index contributed by atoms with van der Waals surface area (Å²) in [6.07, 6.45) is 8.17. The fourth-order valence-electron chi connectivity index (χ4n) is 7.84. The number of nitrogens with one attached hydrogen (secondary N) is 2. The van der Waals surface area contributed by atoms with Crippen molar-refractivity contribution in [3.05, 3.63) is 0 Å². The highest BCUT2D eigenvalue weighted by Gasteiger charge is 2.69. The molecule has 4 fully saturated rings. The number of carbonyl (C=O) groups excluding carboxylic acids is 5. The van der Waals surface area contributed by atoms with Gasteiger partial charge in [-0.3, -0.25) is 19.2 Å². The van der Waals surface area contributed by atoms with Gasteiger partial charge in [0.15, 0.2) is 0 Å². The molecule has 0 bridgehead atoms. The Labute approximate surface area is 244 Å². The molecule has 0 aromatic heterocycles. The smallest absolute Gasteiger partial charge is 0.318 e. The van der Waals surface area contributed by atoms with Gasteiger partial charge < -0.3 is 26.2 Å². The van der Waals surface area contributed by atoms with Crippen LogP contribution in [0, 0.1) is 29.1 Å². The molecule has 3 saturated carbocycles. The lowest BCUT2D eigenvalue weighted by Crippen LogP contribution is -2.61. The zero-order chi connectivity index (χ0) is 30.2. The lowest BCUT2D eigenvalue weighted by Gasteiger charge is -2.39. The van der Waals surface area contributed by atoms with E-state index in [1.165, 1.54) is 0 Å². The average Bonchev–Trinajstić information content (AvgIpc) is 3.20. The van der Waals surface area contributed by atoms with Crippen LogP contribution < -0.4 is 16.4 Å². The third-order valence-electron chi connectivity index (χ3n) is 10.4. The molecule has 10 nitrogen and oxygen atoms in total. The Balaban J connectivity index is 1.58. The van der Waals surface area contributed by atoms with E-state index in [0.717, 1.165) is 51.4 Å². The Kier molecular flexibility index (Phi) is 9.38. The van der Waals surface area contributed by atoms with E-state index >= 15 is 0 Å². The highest BCUT2D eigenvalue weighted by atomic mass is 16.2. The van der Waals surface area contributed by atoms with E-state index in [4.69, 9.17) is 5.73 Å². The molecule has 5 amide bonds. The molecule has 1 heterocycles. The van der Waals surface area contributed by atoms with Gasteiger partial charge in [0.25, 0.3) is 5.91 Å². The molecule has 1 aliphatic heterocycles. The number of carbonyl (C=O) groups is 5. The van der Waals surface area contributed by atoms with Crippen molar-refractivity contribution in [1.82, 2.24) is 20.4 Å². The molecule has 1 unspecified atom stereocenters. The number of nitrogens with zero attached hydrogens (tertiary/aromatic N) is 2. The molecule has 5 atom stereocenters. The number of rotatable bonds is 11. The first kappa shape index (κ1) is 31.3. The second-order valence-corrected chi connectivity index (χ2v) is 14.1. The van der Waals surface area contributed by atoms with Crippen molar-refractivity contribution in [3.63, 3.8) is 0 Å². The van der Waals surface area contributed by atoms with Gasteiger partial charge in [-0.2, -0.15) is 0 Å². The van der Waals surface area contributed by atoms with Crippen LogP contribution in [0.25, 0.3) is 0 Å². The Morgan fingerprint density at radius 2 is 1.51 bits per heavy atom. The van der Waals surface area contributed by atoms with Crippen molar-refractivity contribution in [2.24, 2.45) is 34.8 Å². The maximum Gasteiger partial charge on any atom is 0.318 e. The molecule has 4 rings (SSSR count). The van der Waals surface area contributed by atoms with Gasteiger partial charge in [0, 0.05) is 18.6 Å². The van der Waals surface area contributed by atoms with E-state index in [2.05, 4.69) is 24.5 Å². The Morgan fingerprint density at radius 3 is 2.02 bits per heavy atom. The maximum absolute atomic E-state index is 14.4. The second kappa shape index (κ2) is 12.3. The molecule has 4 aliphatic rings. The second-order valence-electron chi connectivity index (χ2n) is 14.1. The van der Waals surface area contributed by atoms with Gasteiger partial charge in [-0.05, 0) is 76.0 Å². The molecule has 230 valence electrons. The van der Waals surface area contributed by atoms with E-state index in [-0.39, 0.29) is 53.1 Å². The summed E-state index contributed by atoms with van der Waals surface area (Å²) in [6.45, 7) is 12.5. The van der Waals surface area contributed by atoms with E-state index in [9.17, 15) is 24.0 Å². The molecule has 3 aliphatic carbocycles. The number of urea groups is 1. The fourth-order valence-corrected chi connectivity index (χ4v) is 7.84. The molecular formula is C31H51N5O5. The minimum absolute atomic E-state index is 0.00201. The Morgan fingerprint density at radius 1 is 0.902 bits per heavy atom. The van der Waals surface area contributed by atoms with Gasteiger partial charge in [-0.25, -0.2) is 4.79 Å². The number of ketones is 1. The van der Waals surface area contributed by atoms with Gasteiger partial charge in [0.2, 0.25) is 17.6 Å². The molecule has 10 heteroatoms. The van der Waals surface area contributed by atoms with E-state index in [0.29, 0.717) is 13.0 Å². The van der Waals surface area contributed by atoms with Crippen molar-refractivity contribution in [1.29, 1.82) is 0 Å². The quantitative estimate of drug-likeness (QED) is 0.326. The third kappa shape index (κ3) is 6.41. The van der Waals surface area contributed by atoms with Crippen LogP contribution in [0.5, 0.6) is 0 Å². The average molecular weight is 574 g/mol. The number of fused-ring (bicyclic) bond motifs is 1. The van der Waals surface area contributed by atoms with Crippen molar-refractivity contribution >= 4 is 29.5 Å². The first-order chi connectivity index (χ1) is 19.2. The molecule has 0 aromatic carbocycles. The molecule has 4 N–H and O–H groups in total. The minimum atomic E-state index is -1.06. The summed E-state index contributed by atoms with van der Waals surface area (Å²) < 4.78 is 0. The van der Waals surface area contributed by atoms with Gasteiger partial charge in [0.05, 0.1) is 6.04 Å². The molecular weight excluding hydrogens is 522 g/mol. The summed E-state index contributed by atoms with van der Waals surface area (Å²) in [4.78, 5) is 69.7. The number of piperidine rings is 1. The van der Waals surface area contributed by atoms with Crippen molar-refractivity contribution in [2.45, 2.75) is 130 Å². The molecule has 41 heavy (non-hydrogen) atoms. The SMILES string of the molecule is CC(C)N(C(=O)N[C@H](C(=O)N1C[C@@H]2[C@H]([C@H]1C(=O)NC(CC1CCC1)C(=O)C(N)=O)C2(C)C)C1CCCCC1)C(C)C. The zero-order valence-electron chi connectivity index (χ0n) is 25.8. The molecule has 0 spiro atoms. The summed E-state index contributed by atoms with van der Waals surface area (Å²) in [7, 11) is 0. The standard InChI is InChI=1S/C31H51N5O5/c1-17(2)36(18(3)4)30(41)34-24(20-13-8-7-9-14-20)29(40)35-16-21-23(31(21,5)6)25(35)28(39)33-22(26(37)27(32)38)15-19-11-10-12-19/h17-25H,7-16H2,1-6H3,(H2,32,38)(H,33,39)(H,34,41)/t21-,22?,23-,24+,25+/m1/s1. The monoisotopic (exact) mass is 573 g/mol. The zero-order valence-corrected chi connectivity index (χ0v) is 25.8. The van der Waals surface area contributed by atoms with E-state index in [1.807, 2.05) is 27.7 Å². The highest BCUT2D eigenvalue weighted by molar-refractivity contribution is 6.37. The van der Waals surface area contributed by atoms with Crippen LogP contribution in [0.4, 0.5) is 4.79 Å². The van der Waals surface area contributed by atoms with Crippen molar-refractivity contribution < 1.29 is 24.0 Å². The summed E-state index contributed by atoms with van der Waals surface area (Å²) in [5, 5.41) is 5.95. The summed E-state index contributed by atoms with van der Waals surface area (Å²) >= 11 is 0. The maximum atomic E-state index is 14.4. The van der Waals surface area contributed by atoms with Gasteiger partial charge in [-0.1, -0.05) is 52.4 Å². The number of nitrogens with two attached hydrogens (primary N) is 1. The number of amides is 5. The topological polar surface area (TPSA) is 142 Å². The van der Waals surface area contributed by atoms with Gasteiger partial charge in [0.1, 0.15) is 12.1 Å². The number of hydrogen-bond donors (Lipinski definition) is 3. The first-order valence-electron chi connectivity index (χ1n) is 15.8. The van der Waals surface area contributed by atoms with Crippen LogP contribution in [0.2, 0.25) is 0 Å². The third-order valence-corrected chi connectivity index (χ3v) is 10.4. The van der Waals surface area contributed by atoms with Crippen LogP contribution in [-0.4, -0.2) is 76.1 Å². The van der Waals surface area contributed by atoms with E-state index < -0.39 is 35.7 Å². The van der Waals surface area contributed by atoms with Crippen LogP contribution in [0.15, 0.2) is 0 Å². The molecule has 0 aromatic rings.